The summed E-state index contributed by atoms with van der Waals surface area (Å²) in [7, 11) is 0. The Labute approximate surface area is 155 Å². The fourth-order valence-electron chi connectivity index (χ4n) is 5.26. The number of fused-ring (bicyclic) bond motifs is 2. The lowest BCUT2D eigenvalue weighted by atomic mass is 9.75. The second-order valence-corrected chi connectivity index (χ2v) is 8.89. The molecule has 3 atom stereocenters. The maximum Gasteiger partial charge on any atom is 0.165 e. The van der Waals surface area contributed by atoms with Crippen LogP contribution in [0.3, 0.4) is 0 Å². The molecule has 0 unspecified atom stereocenters. The molecule has 0 aromatic heterocycles. The van der Waals surface area contributed by atoms with Gasteiger partial charge in [-0.05, 0) is 74.6 Å². The van der Waals surface area contributed by atoms with Gasteiger partial charge in [0.1, 0.15) is 6.10 Å². The van der Waals surface area contributed by atoms with Gasteiger partial charge in [-0.3, -0.25) is 4.90 Å². The number of phenolic OH excluding ortho intramolecular Hbond substituents is 1. The molecule has 1 saturated carbocycles. The van der Waals surface area contributed by atoms with Crippen LogP contribution in [-0.2, 0) is 12.8 Å². The van der Waals surface area contributed by atoms with Crippen LogP contribution in [0.1, 0.15) is 49.7 Å². The summed E-state index contributed by atoms with van der Waals surface area (Å²) in [6.07, 6.45) is 7.74. The highest BCUT2D eigenvalue weighted by Crippen LogP contribution is 2.45. The summed E-state index contributed by atoms with van der Waals surface area (Å²) in [6.45, 7) is 6.46. The Bertz CT molecular complexity index is 741. The number of rotatable bonds is 2. The third-order valence-electron chi connectivity index (χ3n) is 7.04. The molecule has 5 rings (SSSR count). The van der Waals surface area contributed by atoms with Gasteiger partial charge in [0.15, 0.2) is 11.5 Å². The number of ether oxygens (including phenoxy) is 1. The van der Waals surface area contributed by atoms with Crippen LogP contribution in [0.4, 0.5) is 0 Å². The smallest absolute Gasteiger partial charge is 0.165 e. The van der Waals surface area contributed by atoms with Gasteiger partial charge in [-0.2, -0.15) is 0 Å². The zero-order chi connectivity index (χ0) is 17.9. The molecule has 0 amide bonds. The minimum Gasteiger partial charge on any atom is -0.504 e. The molecule has 1 saturated heterocycles. The number of hydrogen-bond donors (Lipinski definition) is 2. The van der Waals surface area contributed by atoms with Gasteiger partial charge in [0.25, 0.3) is 0 Å². The zero-order valence-electron chi connectivity index (χ0n) is 15.4. The molecule has 2 aliphatic heterocycles. The molecule has 2 aliphatic carbocycles. The predicted molar refractivity (Wildman–Crippen MR) is 101 cm³/mol. The van der Waals surface area contributed by atoms with E-state index in [9.17, 15) is 10.2 Å². The standard InChI is InChI=1S/C22H29NO3/c1-14-7-9-22(25)8-2-10-23(13-15-3-4-15)20(22)11-16-5-6-18(24)21-17(16)12-19(14)26-21/h5-6,15,19-20,24-25H,1-4,7-13H2/t19-,20-,22-/m1/s1. The molecular weight excluding hydrogens is 326 g/mol. The SMILES string of the molecule is C=C1CC[C@]2(O)CCCN(CC3CC3)[C@@H]2Cc2ccc(O)c3c2C[C@H]1O3. The lowest BCUT2D eigenvalue weighted by Crippen LogP contribution is -2.58. The van der Waals surface area contributed by atoms with Gasteiger partial charge in [-0.1, -0.05) is 12.6 Å². The van der Waals surface area contributed by atoms with Crippen molar-refractivity contribution in [2.75, 3.05) is 13.1 Å². The predicted octanol–water partition coefficient (Wildman–Crippen LogP) is 3.19. The van der Waals surface area contributed by atoms with Crippen LogP contribution in [0.5, 0.6) is 11.5 Å². The molecule has 2 fully saturated rings. The number of nitrogens with zero attached hydrogens (tertiary/aromatic N) is 1. The van der Waals surface area contributed by atoms with Crippen LogP contribution in [-0.4, -0.2) is 45.9 Å². The minimum absolute atomic E-state index is 0.0663. The first-order chi connectivity index (χ1) is 12.5. The Morgan fingerprint density at radius 1 is 1.23 bits per heavy atom. The van der Waals surface area contributed by atoms with Crippen molar-refractivity contribution < 1.29 is 14.9 Å². The van der Waals surface area contributed by atoms with Crippen molar-refractivity contribution in [3.05, 3.63) is 35.4 Å². The van der Waals surface area contributed by atoms with Gasteiger partial charge in [-0.15, -0.1) is 0 Å². The quantitative estimate of drug-likeness (QED) is 0.800. The first kappa shape index (κ1) is 16.6. The number of aliphatic hydroxyl groups is 1. The van der Waals surface area contributed by atoms with Crippen molar-refractivity contribution in [1.29, 1.82) is 0 Å². The van der Waals surface area contributed by atoms with E-state index in [-0.39, 0.29) is 17.9 Å². The van der Waals surface area contributed by atoms with E-state index in [0.717, 1.165) is 68.7 Å². The number of hydrogen-bond acceptors (Lipinski definition) is 4. The summed E-state index contributed by atoms with van der Waals surface area (Å²) in [5, 5.41) is 21.9. The molecule has 2 bridgehead atoms. The first-order valence-corrected chi connectivity index (χ1v) is 10.2. The highest BCUT2D eigenvalue weighted by atomic mass is 16.5. The van der Waals surface area contributed by atoms with Crippen LogP contribution in [0.25, 0.3) is 0 Å². The van der Waals surface area contributed by atoms with Gasteiger partial charge in [-0.25, -0.2) is 0 Å². The van der Waals surface area contributed by atoms with E-state index >= 15 is 0 Å². The third kappa shape index (κ3) is 2.74. The van der Waals surface area contributed by atoms with Gasteiger partial charge < -0.3 is 14.9 Å². The van der Waals surface area contributed by atoms with E-state index in [0.29, 0.717) is 5.75 Å². The molecule has 1 aromatic carbocycles. The zero-order valence-corrected chi connectivity index (χ0v) is 15.4. The second-order valence-electron chi connectivity index (χ2n) is 8.89. The maximum absolute atomic E-state index is 11.6. The lowest BCUT2D eigenvalue weighted by Gasteiger charge is -2.48. The highest BCUT2D eigenvalue weighted by Gasteiger charge is 2.46. The average Bonchev–Trinajstić information content (AvgIpc) is 3.31. The summed E-state index contributed by atoms with van der Waals surface area (Å²) < 4.78 is 6.07. The largest absolute Gasteiger partial charge is 0.504 e. The van der Waals surface area contributed by atoms with Crippen LogP contribution < -0.4 is 4.74 Å². The number of likely N-dealkylation sites (tertiary alicyclic amines) is 1. The van der Waals surface area contributed by atoms with E-state index in [4.69, 9.17) is 4.74 Å². The first-order valence-electron chi connectivity index (χ1n) is 10.2. The van der Waals surface area contributed by atoms with E-state index < -0.39 is 5.60 Å². The summed E-state index contributed by atoms with van der Waals surface area (Å²) in [4.78, 5) is 2.55. The lowest BCUT2D eigenvalue weighted by molar-refractivity contribution is -0.0873. The topological polar surface area (TPSA) is 52.9 Å². The van der Waals surface area contributed by atoms with Crippen molar-refractivity contribution >= 4 is 0 Å². The number of aromatic hydroxyl groups is 1. The molecule has 4 nitrogen and oxygen atoms in total. The fraction of sp³-hybridized carbons (Fsp3) is 0.636. The van der Waals surface area contributed by atoms with Crippen LogP contribution >= 0.6 is 0 Å². The molecule has 0 radical (unpaired) electrons. The Kier molecular flexibility index (Phi) is 3.84. The number of piperidine rings is 1. The van der Waals surface area contributed by atoms with Gasteiger partial charge in [0.2, 0.25) is 0 Å². The Morgan fingerprint density at radius 2 is 2.08 bits per heavy atom. The molecule has 2 N–H and O–H groups in total. The van der Waals surface area contributed by atoms with Crippen molar-refractivity contribution in [1.82, 2.24) is 4.90 Å². The fourth-order valence-corrected chi connectivity index (χ4v) is 5.26. The molecule has 4 heteroatoms. The summed E-state index contributed by atoms with van der Waals surface area (Å²) in [5.74, 6) is 1.69. The van der Waals surface area contributed by atoms with Crippen LogP contribution in [0.15, 0.2) is 24.3 Å². The molecule has 140 valence electrons. The number of benzene rings is 1. The molecular formula is C22H29NO3. The highest BCUT2D eigenvalue weighted by molar-refractivity contribution is 5.54. The Hall–Kier alpha value is -1.52. The van der Waals surface area contributed by atoms with E-state index in [1.807, 2.05) is 6.07 Å². The average molecular weight is 355 g/mol. The molecule has 1 aromatic rings. The minimum atomic E-state index is -0.655. The Morgan fingerprint density at radius 3 is 2.88 bits per heavy atom. The van der Waals surface area contributed by atoms with Crippen molar-refractivity contribution in [2.45, 2.75) is 69.1 Å². The normalized spacial score (nSPS) is 34.3. The van der Waals surface area contributed by atoms with Crippen molar-refractivity contribution in [3.8, 4) is 11.5 Å². The number of phenols is 1. The maximum atomic E-state index is 11.6. The van der Waals surface area contributed by atoms with Gasteiger partial charge >= 0.3 is 0 Å². The van der Waals surface area contributed by atoms with Crippen molar-refractivity contribution in [2.24, 2.45) is 5.92 Å². The molecule has 0 spiro atoms. The molecule has 26 heavy (non-hydrogen) atoms. The second kappa shape index (κ2) is 6.00. The third-order valence-corrected chi connectivity index (χ3v) is 7.04. The van der Waals surface area contributed by atoms with Crippen LogP contribution in [0.2, 0.25) is 0 Å². The van der Waals surface area contributed by atoms with E-state index in [1.54, 1.807) is 6.07 Å². The van der Waals surface area contributed by atoms with Gasteiger partial charge in [0.05, 0.1) is 5.60 Å². The molecule has 2 heterocycles. The Balaban J connectivity index is 1.55. The van der Waals surface area contributed by atoms with Crippen molar-refractivity contribution in [3.63, 3.8) is 0 Å². The van der Waals surface area contributed by atoms with Crippen LogP contribution in [0, 0.1) is 5.92 Å². The van der Waals surface area contributed by atoms with Gasteiger partial charge in [0, 0.05) is 24.6 Å². The molecule has 4 aliphatic rings. The summed E-state index contributed by atoms with van der Waals surface area (Å²) >= 11 is 0. The summed E-state index contributed by atoms with van der Waals surface area (Å²) in [6, 6.07) is 3.94. The van der Waals surface area contributed by atoms with E-state index in [1.165, 1.54) is 18.4 Å². The summed E-state index contributed by atoms with van der Waals surface area (Å²) in [5.41, 5.74) is 2.73. The monoisotopic (exact) mass is 355 g/mol. The van der Waals surface area contributed by atoms with E-state index in [2.05, 4.69) is 11.5 Å².